The number of aromatic nitrogens is 4. The number of nitrogens with one attached hydrogen (secondary N) is 1. The number of H-pyrrole nitrogens is 1. The van der Waals surface area contributed by atoms with Crippen molar-refractivity contribution in [2.24, 2.45) is 0 Å². The summed E-state index contributed by atoms with van der Waals surface area (Å²) >= 11 is 5.30. The normalized spacial score (nSPS) is 15.9. The van der Waals surface area contributed by atoms with E-state index >= 15 is 0 Å². The van der Waals surface area contributed by atoms with Gasteiger partial charge >= 0.3 is 0 Å². The molecule has 0 amide bonds. The molecule has 6 nitrogen and oxygen atoms in total. The molecule has 1 N–H and O–H groups in total. The minimum atomic E-state index is -0.138. The van der Waals surface area contributed by atoms with Gasteiger partial charge in [0.25, 0.3) is 0 Å². The first-order chi connectivity index (χ1) is 10.2. The van der Waals surface area contributed by atoms with E-state index in [9.17, 15) is 0 Å². The zero-order chi connectivity index (χ0) is 14.8. The molecule has 7 heteroatoms. The lowest BCUT2D eigenvalue weighted by Crippen LogP contribution is -2.36. The van der Waals surface area contributed by atoms with Crippen LogP contribution in [0.15, 0.2) is 24.4 Å². The number of aromatic amines is 1. The Hall–Kier alpha value is -2.04. The number of pyridine rings is 1. The molecule has 21 heavy (non-hydrogen) atoms. The van der Waals surface area contributed by atoms with Crippen molar-refractivity contribution >= 4 is 12.2 Å². The second kappa shape index (κ2) is 5.76. The molecule has 0 spiro atoms. The highest BCUT2D eigenvalue weighted by atomic mass is 32.1. The Morgan fingerprint density at radius 3 is 3.00 bits per heavy atom. The number of rotatable bonds is 5. The van der Waals surface area contributed by atoms with E-state index in [4.69, 9.17) is 17.5 Å². The van der Waals surface area contributed by atoms with Crippen LogP contribution in [-0.2, 0) is 6.67 Å². The van der Waals surface area contributed by atoms with Crippen molar-refractivity contribution in [1.29, 1.82) is 5.26 Å². The van der Waals surface area contributed by atoms with Crippen molar-refractivity contribution in [3.8, 4) is 17.6 Å². The van der Waals surface area contributed by atoms with Crippen LogP contribution in [0.5, 0.6) is 0 Å². The molecular weight excluding hydrogens is 284 g/mol. The van der Waals surface area contributed by atoms with Crippen LogP contribution in [0.1, 0.15) is 19.8 Å². The molecule has 1 aliphatic carbocycles. The van der Waals surface area contributed by atoms with Gasteiger partial charge in [0, 0.05) is 12.2 Å². The largest absolute Gasteiger partial charge is 0.276 e. The van der Waals surface area contributed by atoms with Crippen LogP contribution >= 0.6 is 12.2 Å². The Kier molecular flexibility index (Phi) is 3.82. The fraction of sp³-hybridized carbons (Fsp3) is 0.429. The second-order valence-electron chi connectivity index (χ2n) is 5.19. The average molecular weight is 300 g/mol. The molecule has 1 saturated carbocycles. The van der Waals surface area contributed by atoms with Gasteiger partial charge in [0.2, 0.25) is 4.77 Å². The number of hydrogen-bond acceptors (Lipinski definition) is 5. The second-order valence-corrected chi connectivity index (χ2v) is 5.55. The minimum Gasteiger partial charge on any atom is -0.276 e. The van der Waals surface area contributed by atoms with Crippen molar-refractivity contribution in [3.63, 3.8) is 0 Å². The predicted octanol–water partition coefficient (Wildman–Crippen LogP) is 2.34. The van der Waals surface area contributed by atoms with Crippen LogP contribution in [0.25, 0.3) is 11.5 Å². The summed E-state index contributed by atoms with van der Waals surface area (Å²) in [5.74, 6) is 0.654. The van der Waals surface area contributed by atoms with Crippen LogP contribution < -0.4 is 0 Å². The maximum atomic E-state index is 9.15. The van der Waals surface area contributed by atoms with Crippen molar-refractivity contribution in [2.75, 3.05) is 0 Å². The summed E-state index contributed by atoms with van der Waals surface area (Å²) in [7, 11) is 0. The molecule has 3 rings (SSSR count). The molecule has 1 unspecified atom stereocenters. The third kappa shape index (κ3) is 3.01. The summed E-state index contributed by atoms with van der Waals surface area (Å²) in [4.78, 5) is 10.8. The van der Waals surface area contributed by atoms with E-state index in [1.165, 1.54) is 0 Å². The molecule has 1 aliphatic rings. The van der Waals surface area contributed by atoms with Gasteiger partial charge in [-0.15, -0.1) is 0 Å². The Bertz CT molecular complexity index is 709. The Balaban J connectivity index is 1.85. The van der Waals surface area contributed by atoms with Crippen LogP contribution in [0.2, 0.25) is 0 Å². The molecule has 0 aliphatic heterocycles. The van der Waals surface area contributed by atoms with Gasteiger partial charge in [0.15, 0.2) is 5.82 Å². The predicted molar refractivity (Wildman–Crippen MR) is 80.6 cm³/mol. The van der Waals surface area contributed by atoms with E-state index < -0.39 is 0 Å². The zero-order valence-electron chi connectivity index (χ0n) is 11.7. The summed E-state index contributed by atoms with van der Waals surface area (Å²) in [5, 5.41) is 12.3. The topological polar surface area (TPSA) is 73.5 Å². The van der Waals surface area contributed by atoms with Crippen molar-refractivity contribution < 1.29 is 0 Å². The minimum absolute atomic E-state index is 0.138. The lowest BCUT2D eigenvalue weighted by molar-refractivity contribution is 0.172. The van der Waals surface area contributed by atoms with Gasteiger partial charge in [-0.1, -0.05) is 6.07 Å². The number of hydrogen-bond donors (Lipinski definition) is 1. The lowest BCUT2D eigenvalue weighted by atomic mass is 10.3. The van der Waals surface area contributed by atoms with Crippen LogP contribution in [0.3, 0.4) is 0 Å². The van der Waals surface area contributed by atoms with Crippen molar-refractivity contribution in [2.45, 2.75) is 38.5 Å². The van der Waals surface area contributed by atoms with E-state index in [1.54, 1.807) is 10.9 Å². The quantitative estimate of drug-likeness (QED) is 0.858. The Morgan fingerprint density at radius 1 is 1.57 bits per heavy atom. The molecule has 0 saturated heterocycles. The summed E-state index contributed by atoms with van der Waals surface area (Å²) < 4.78 is 2.28. The van der Waals surface area contributed by atoms with Crippen molar-refractivity contribution in [1.82, 2.24) is 24.6 Å². The summed E-state index contributed by atoms with van der Waals surface area (Å²) in [5.41, 5.74) is 0.758. The molecule has 2 aromatic heterocycles. The van der Waals surface area contributed by atoms with E-state index in [0.29, 0.717) is 23.3 Å². The maximum absolute atomic E-state index is 9.15. The Labute approximate surface area is 128 Å². The van der Waals surface area contributed by atoms with E-state index in [1.807, 2.05) is 25.1 Å². The first kappa shape index (κ1) is 13.9. The third-order valence-electron chi connectivity index (χ3n) is 3.59. The Morgan fingerprint density at radius 2 is 2.38 bits per heavy atom. The van der Waals surface area contributed by atoms with Gasteiger partial charge in [-0.05, 0) is 44.1 Å². The smallest absolute Gasteiger partial charge is 0.217 e. The lowest BCUT2D eigenvalue weighted by Gasteiger charge is -2.24. The van der Waals surface area contributed by atoms with Gasteiger partial charge in [-0.2, -0.15) is 10.2 Å². The monoisotopic (exact) mass is 300 g/mol. The SMILES string of the molecule is CC(C#N)N(Cn1[nH]c(-c2ccccn2)nc1=S)C1CC1. The zero-order valence-corrected chi connectivity index (χ0v) is 12.5. The number of nitriles is 1. The fourth-order valence-electron chi connectivity index (χ4n) is 2.27. The highest BCUT2D eigenvalue weighted by Crippen LogP contribution is 2.29. The fourth-order valence-corrected chi connectivity index (χ4v) is 2.46. The van der Waals surface area contributed by atoms with Crippen LogP contribution in [0, 0.1) is 16.1 Å². The summed E-state index contributed by atoms with van der Waals surface area (Å²) in [6.07, 6.45) is 4.00. The third-order valence-corrected chi connectivity index (χ3v) is 3.90. The number of nitrogens with zero attached hydrogens (tertiary/aromatic N) is 5. The molecule has 108 valence electrons. The van der Waals surface area contributed by atoms with Crippen LogP contribution in [-0.4, -0.2) is 36.7 Å². The highest BCUT2D eigenvalue weighted by Gasteiger charge is 2.32. The first-order valence-electron chi connectivity index (χ1n) is 6.92. The molecule has 0 radical (unpaired) electrons. The molecule has 1 atom stereocenters. The van der Waals surface area contributed by atoms with Crippen molar-refractivity contribution in [3.05, 3.63) is 29.2 Å². The standard InChI is InChI=1S/C14H16N6S/c1-10(8-15)19(11-5-6-11)9-20-14(21)17-13(18-20)12-4-2-3-7-16-12/h2-4,7,10-11H,5-6,9H2,1H3,(H,17,18,21). The van der Waals surface area contributed by atoms with Gasteiger partial charge in [0.05, 0.1) is 18.8 Å². The summed E-state index contributed by atoms with van der Waals surface area (Å²) in [6, 6.07) is 8.29. The molecular formula is C14H16N6S. The van der Waals surface area contributed by atoms with E-state index in [-0.39, 0.29) is 6.04 Å². The average Bonchev–Trinajstić information content (AvgIpc) is 3.29. The van der Waals surface area contributed by atoms with Gasteiger partial charge < -0.3 is 0 Å². The highest BCUT2D eigenvalue weighted by molar-refractivity contribution is 7.71. The van der Waals surface area contributed by atoms with Gasteiger partial charge in [-0.3, -0.25) is 15.0 Å². The molecule has 1 fully saturated rings. The van der Waals surface area contributed by atoms with Gasteiger partial charge in [-0.25, -0.2) is 4.68 Å². The van der Waals surface area contributed by atoms with E-state index in [2.05, 4.69) is 26.0 Å². The first-order valence-corrected chi connectivity index (χ1v) is 7.33. The molecule has 2 heterocycles. The van der Waals surface area contributed by atoms with Gasteiger partial charge in [0.1, 0.15) is 5.69 Å². The molecule has 0 bridgehead atoms. The molecule has 2 aromatic rings. The van der Waals surface area contributed by atoms with Crippen LogP contribution in [0.4, 0.5) is 0 Å². The summed E-state index contributed by atoms with van der Waals surface area (Å²) in [6.45, 7) is 2.47. The maximum Gasteiger partial charge on any atom is 0.217 e. The molecule has 0 aromatic carbocycles. The van der Waals surface area contributed by atoms with E-state index in [0.717, 1.165) is 18.5 Å².